The molecule has 0 saturated carbocycles. The zero-order valence-electron chi connectivity index (χ0n) is 84.7. The van der Waals surface area contributed by atoms with Crippen LogP contribution in [0.5, 0.6) is 0 Å². The van der Waals surface area contributed by atoms with E-state index in [0.717, 1.165) is 155 Å². The molecule has 0 aromatic heterocycles. The molecule has 792 valence electrons. The van der Waals surface area contributed by atoms with Gasteiger partial charge in [0.25, 0.3) is 17.7 Å². The number of amides is 8. The van der Waals surface area contributed by atoms with Crippen molar-refractivity contribution in [3.8, 4) is 0 Å². The largest absolute Gasteiger partial charge is 0.480 e. The molecule has 10 atom stereocenters. The van der Waals surface area contributed by atoms with Crippen LogP contribution in [0.2, 0.25) is 0 Å². The smallest absolute Gasteiger partial charge is 0.407 e. The van der Waals surface area contributed by atoms with Gasteiger partial charge in [0.2, 0.25) is 17.7 Å². The van der Waals surface area contributed by atoms with Gasteiger partial charge in [-0.25, -0.2) is 40.7 Å². The number of carbonyl (C=O) groups is 10. The molecule has 0 aliphatic carbocycles. The first-order valence-electron chi connectivity index (χ1n) is 48.5. The van der Waals surface area contributed by atoms with E-state index in [-0.39, 0.29) is 136 Å². The Morgan fingerprint density at radius 1 is 0.536 bits per heavy atom. The standard InChI is InChI=1S/C34H48F2N4O4.C22H33F2N3O4.C15H19F2NO3.C15H21NO3.C7H16N2O2.C7H14N2O.C2H5Br.Pd.H2/c1-5-11-37-29-10-8-9-14-40(34(29)44)22-31(41)30(19-24-17-27(35)21-28(36)18-24)38-32(42)25-15-23(4)16-26(20-25)33(43)39(12-6-2)13-7-3;1-22(2,3)31-21(30)26-18(11-14-9-15(23)12-16(24)10-14)19(28)13-27-8-6-5-7-17(25-4)20(27)29;1-15(2,3)21-14(19)18-12(13-8-20-13)6-9-4-10(16)7-11(17)5-9;1-4-6-16(7-5-2)14(17)12-8-11(3)9-13(10-12)15(18)19;1-9-6(7(10)11)4-2-3-5-8;1-8-6-4-2-3-5-9-7(6)10;1-2-3;;/h15-18,20-21,29-31,37,41H,5-14,19,22H2,1-4H3,(H,38,42);9-10,12,17-19,25,28H,5-8,11,13H2,1-4H3,(H,26,30);4-5,7,12-13H,6,8H2,1-3H3,(H,18,19);8-10H,4-7H2,1-3H3,(H,18,19);6,9H,2-5,8H2,1H3,(H,10,11);6,8H,2-5H2,1H3,(H,9,10);2H2,1H3;;1H/t29-,30-,31+;17-,18-,19+;12-,13+;;2*6-;;;/m000.11.../s1. The van der Waals surface area contributed by atoms with Crippen molar-refractivity contribution >= 4 is 75.5 Å². The van der Waals surface area contributed by atoms with Gasteiger partial charge in [0.15, 0.2) is 0 Å². The first-order chi connectivity index (χ1) is 65.7. The molecule has 5 aromatic carbocycles. The van der Waals surface area contributed by atoms with Crippen molar-refractivity contribution in [3.63, 3.8) is 0 Å². The van der Waals surface area contributed by atoms with Crippen LogP contribution in [0.15, 0.2) is 91.0 Å². The van der Waals surface area contributed by atoms with Gasteiger partial charge in [0.05, 0.1) is 60.6 Å². The molecule has 8 amide bonds. The van der Waals surface area contributed by atoms with Crippen molar-refractivity contribution in [3.05, 3.63) is 176 Å². The number of epoxide rings is 1. The normalized spacial score (nSPS) is 16.9. The van der Waals surface area contributed by atoms with E-state index in [0.29, 0.717) is 94.9 Å². The number of alkyl halides is 1. The number of aliphatic carboxylic acids is 1. The van der Waals surface area contributed by atoms with Crippen LogP contribution in [-0.2, 0) is 73.1 Å². The van der Waals surface area contributed by atoms with Crippen molar-refractivity contribution in [2.24, 2.45) is 5.73 Å². The fourth-order valence-corrected chi connectivity index (χ4v) is 15.5. The number of unbranched alkanes of at least 4 members (excludes halogenated alkanes) is 1. The summed E-state index contributed by atoms with van der Waals surface area (Å²) in [6.07, 6.45) is 11.0. The number of carboxylic acids is 2. The molecule has 9 rings (SSSR count). The molecule has 4 aliphatic heterocycles. The maximum absolute atomic E-state index is 14.1. The number of aliphatic hydroxyl groups excluding tert-OH is 2. The number of hydrogen-bond acceptors (Lipinski definition) is 20. The van der Waals surface area contributed by atoms with Crippen LogP contribution in [0.3, 0.4) is 0 Å². The topological polar surface area (TPSA) is 418 Å². The summed E-state index contributed by atoms with van der Waals surface area (Å²) in [5, 5.41) is 64.0. The molecule has 5 aromatic rings. The first kappa shape index (κ1) is 127. The third-order valence-electron chi connectivity index (χ3n) is 22.1. The second kappa shape index (κ2) is 67.4. The van der Waals surface area contributed by atoms with Gasteiger partial charge in [-0.15, -0.1) is 0 Å². The van der Waals surface area contributed by atoms with E-state index >= 15 is 0 Å². The van der Waals surface area contributed by atoms with Gasteiger partial charge in [-0.05, 0) is 312 Å². The van der Waals surface area contributed by atoms with E-state index in [1.54, 1.807) is 113 Å². The fraction of sp³-hybridized carbons (Fsp3) is 0.608. The van der Waals surface area contributed by atoms with Gasteiger partial charge in [-0.1, -0.05) is 63.9 Å². The maximum atomic E-state index is 14.1. The van der Waals surface area contributed by atoms with Crippen LogP contribution in [0.25, 0.3) is 0 Å². The number of alkyl carbamates (subject to hydrolysis) is 2. The summed E-state index contributed by atoms with van der Waals surface area (Å²) in [6.45, 7) is 32.3. The number of nitrogens with two attached hydrogens (primary N) is 1. The SMILES string of the molecule is CC(C)(C)OC(=O)N[C@@H](Cc1cc(F)cc(F)c1)[C@H]1CO1.CCBr.CCCN(CCC)C(=O)c1cc(C)cc(C(=O)O)c1.CCCN[C@H]1CCCCN(C[C@@H](O)[C@H](Cc2cc(F)cc(F)c2)NC(=O)c2cc(C)cc(C(=O)N(CCC)CCC)c2)C1=O.CN[C@@H]1CCCCNC1=O.CN[C@H](CCCCN)C(=O)O.CN[C@H]1CCCCN(C[C@@H](O)[C@H](Cc2cc(F)cc(F)c2)NC(=O)OC(C)(C)C)C1=O.[HH].[Pd]. The Morgan fingerprint density at radius 2 is 0.921 bits per heavy atom. The number of benzene rings is 5. The van der Waals surface area contributed by atoms with Gasteiger partial charge in [-0.3, -0.25) is 33.6 Å². The molecule has 4 fully saturated rings. The summed E-state index contributed by atoms with van der Waals surface area (Å²) in [6, 6.07) is 15.8. The van der Waals surface area contributed by atoms with Crippen molar-refractivity contribution in [2.45, 2.75) is 297 Å². The molecule has 140 heavy (non-hydrogen) atoms. The minimum Gasteiger partial charge on any atom is -0.480 e. The van der Waals surface area contributed by atoms with Gasteiger partial charge in [0, 0.05) is 121 Å². The Balaban J connectivity index is 0.000000897. The number of aryl methyl sites for hydroxylation is 2. The summed E-state index contributed by atoms with van der Waals surface area (Å²) in [5.41, 5.74) is 7.64. The number of nitrogens with one attached hydrogen (secondary N) is 8. The van der Waals surface area contributed by atoms with Crippen LogP contribution in [0.4, 0.5) is 35.9 Å². The summed E-state index contributed by atoms with van der Waals surface area (Å²) >= 11 is 3.15. The van der Waals surface area contributed by atoms with E-state index < -0.39 is 106 Å². The Morgan fingerprint density at radius 3 is 1.31 bits per heavy atom. The van der Waals surface area contributed by atoms with Crippen molar-refractivity contribution in [2.75, 3.05) is 105 Å². The molecule has 14 N–H and O–H groups in total. The fourth-order valence-electron chi connectivity index (χ4n) is 15.5. The van der Waals surface area contributed by atoms with Crippen molar-refractivity contribution in [1.29, 1.82) is 0 Å². The number of ether oxygens (including phenoxy) is 3. The van der Waals surface area contributed by atoms with Gasteiger partial charge >= 0.3 is 24.1 Å². The Bertz CT molecular complexity index is 4550. The summed E-state index contributed by atoms with van der Waals surface area (Å²) in [4.78, 5) is 129. The summed E-state index contributed by atoms with van der Waals surface area (Å²) < 4.78 is 97.4. The van der Waals surface area contributed by atoms with Crippen LogP contribution >= 0.6 is 15.9 Å². The third-order valence-corrected chi connectivity index (χ3v) is 22.1. The molecule has 30 nitrogen and oxygen atoms in total. The van der Waals surface area contributed by atoms with E-state index in [9.17, 15) is 84.5 Å². The molecular formula is C102H158BrF6N13O17Pd. The Hall–Kier alpha value is -9.20. The first-order valence-corrected chi connectivity index (χ1v) is 49.6. The molecule has 0 bridgehead atoms. The number of aromatic carboxylic acids is 1. The predicted octanol–water partition coefficient (Wildman–Crippen LogP) is 14.0. The number of likely N-dealkylation sites (tertiary alicyclic amines) is 2. The van der Waals surface area contributed by atoms with Crippen LogP contribution in [0.1, 0.15) is 263 Å². The van der Waals surface area contributed by atoms with Gasteiger partial charge in [-0.2, -0.15) is 0 Å². The molecule has 38 heteroatoms. The Kier molecular flexibility index (Phi) is 61.0. The molecule has 0 spiro atoms. The number of likely N-dealkylation sites (N-methyl/N-ethyl adjacent to an activating group) is 3. The summed E-state index contributed by atoms with van der Waals surface area (Å²) in [7, 11) is 5.20. The predicted molar refractivity (Wildman–Crippen MR) is 532 cm³/mol. The molecule has 0 unspecified atom stereocenters. The van der Waals surface area contributed by atoms with Crippen LogP contribution < -0.4 is 48.3 Å². The molecule has 0 radical (unpaired) electrons. The van der Waals surface area contributed by atoms with Gasteiger partial charge < -0.3 is 103 Å². The molecule has 4 heterocycles. The maximum Gasteiger partial charge on any atom is 0.407 e. The van der Waals surface area contributed by atoms with E-state index in [1.807, 2.05) is 48.6 Å². The number of rotatable bonds is 39. The zero-order chi connectivity index (χ0) is 104. The van der Waals surface area contributed by atoms with Crippen molar-refractivity contribution in [1.82, 2.24) is 62.1 Å². The number of carboxylic acid groups (broad SMARTS) is 2. The summed E-state index contributed by atoms with van der Waals surface area (Å²) in [5.74, 6) is -6.97. The Labute approximate surface area is 847 Å². The number of β-amino-alcohol motifs (C(OH)–C–C–N with tert-alkyl or cyclic N) is 2. The monoisotopic (exact) mass is 2140 g/mol. The minimum atomic E-state index is -1.23. The average molecular weight is 2140 g/mol. The van der Waals surface area contributed by atoms with Crippen molar-refractivity contribution < 1.29 is 131 Å². The zero-order valence-corrected chi connectivity index (χ0v) is 87.8. The van der Waals surface area contributed by atoms with Gasteiger partial charge in [0.1, 0.15) is 58.3 Å². The quantitative estimate of drug-likeness (QED) is 0.00571. The minimum absolute atomic E-state index is 0. The molecule has 4 saturated heterocycles. The van der Waals surface area contributed by atoms with Crippen LogP contribution in [-0.4, -0.2) is 276 Å². The average Bonchev–Trinajstić information content (AvgIpc) is 1.79. The van der Waals surface area contributed by atoms with E-state index in [1.165, 1.54) is 24.3 Å². The van der Waals surface area contributed by atoms with E-state index in [2.05, 4.69) is 58.5 Å². The number of hydrogen-bond donors (Lipinski definition) is 13. The number of carbonyl (C=O) groups excluding carboxylic acids is 8. The second-order valence-electron chi connectivity index (χ2n) is 36.9. The number of halogens is 7. The third kappa shape index (κ3) is 50.2. The van der Waals surface area contributed by atoms with Crippen LogP contribution in [0, 0.1) is 48.8 Å². The molecular weight excluding hydrogens is 1980 g/mol. The van der Waals surface area contributed by atoms with E-state index in [4.69, 9.17) is 30.2 Å². The second-order valence-corrected chi connectivity index (χ2v) is 38.0. The molecule has 4 aliphatic rings. The number of aliphatic hydroxyl groups is 2. The number of nitrogens with zero attached hydrogens (tertiary/aromatic N) is 4.